The molecule has 0 fully saturated rings. The summed E-state index contributed by atoms with van der Waals surface area (Å²) in [5, 5.41) is 0.743. The highest BCUT2D eigenvalue weighted by atomic mass is 35.5. The Morgan fingerprint density at radius 2 is 2.20 bits per heavy atom. The summed E-state index contributed by atoms with van der Waals surface area (Å²) in [5.74, 6) is 0. The van der Waals surface area contributed by atoms with E-state index in [1.165, 1.54) is 0 Å². The van der Waals surface area contributed by atoms with Gasteiger partial charge in [-0.3, -0.25) is 0 Å². The summed E-state index contributed by atoms with van der Waals surface area (Å²) in [6.07, 6.45) is 0. The third-order valence-corrected chi connectivity index (χ3v) is 1.58. The van der Waals surface area contributed by atoms with Crippen molar-refractivity contribution < 1.29 is 0 Å². The number of hydrogen-bond acceptors (Lipinski definition) is 1. The highest BCUT2D eigenvalue weighted by molar-refractivity contribution is 6.33. The molecule has 0 aliphatic carbocycles. The SMILES string of the molecule is CN(C)c1cc[c]cc1Cl. The van der Waals surface area contributed by atoms with Crippen LogP contribution < -0.4 is 4.90 Å². The molecule has 1 nitrogen and oxygen atoms in total. The van der Waals surface area contributed by atoms with E-state index in [0.29, 0.717) is 0 Å². The Hall–Kier alpha value is -0.690. The minimum atomic E-state index is 0.743. The molecule has 1 rings (SSSR count). The third-order valence-electron chi connectivity index (χ3n) is 1.27. The molecular weight excluding hydrogens is 146 g/mol. The van der Waals surface area contributed by atoms with E-state index in [-0.39, 0.29) is 0 Å². The second-order valence-electron chi connectivity index (χ2n) is 2.27. The van der Waals surface area contributed by atoms with E-state index >= 15 is 0 Å². The van der Waals surface area contributed by atoms with E-state index in [4.69, 9.17) is 11.6 Å². The van der Waals surface area contributed by atoms with Gasteiger partial charge in [0.15, 0.2) is 0 Å². The maximum Gasteiger partial charge on any atom is 0.0645 e. The van der Waals surface area contributed by atoms with Crippen LogP contribution in [0.3, 0.4) is 0 Å². The summed E-state index contributed by atoms with van der Waals surface area (Å²) in [6.45, 7) is 0. The minimum absolute atomic E-state index is 0.743. The second-order valence-corrected chi connectivity index (χ2v) is 2.68. The van der Waals surface area contributed by atoms with E-state index in [1.54, 1.807) is 6.07 Å². The van der Waals surface area contributed by atoms with Crippen LogP contribution in [0, 0.1) is 6.07 Å². The molecule has 53 valence electrons. The molecule has 0 unspecified atom stereocenters. The van der Waals surface area contributed by atoms with E-state index in [0.717, 1.165) is 10.7 Å². The van der Waals surface area contributed by atoms with Crippen molar-refractivity contribution in [2.75, 3.05) is 19.0 Å². The van der Waals surface area contributed by atoms with Gasteiger partial charge in [0.05, 0.1) is 10.7 Å². The van der Waals surface area contributed by atoms with Crippen molar-refractivity contribution in [3.8, 4) is 0 Å². The lowest BCUT2D eigenvalue weighted by Gasteiger charge is -2.12. The monoisotopic (exact) mass is 154 g/mol. The Morgan fingerprint density at radius 3 is 2.60 bits per heavy atom. The first-order chi connectivity index (χ1) is 4.72. The predicted octanol–water partition coefficient (Wildman–Crippen LogP) is 2.21. The molecule has 10 heavy (non-hydrogen) atoms. The van der Waals surface area contributed by atoms with E-state index in [2.05, 4.69) is 6.07 Å². The molecule has 0 aromatic heterocycles. The smallest absolute Gasteiger partial charge is 0.0645 e. The van der Waals surface area contributed by atoms with Crippen molar-refractivity contribution in [3.63, 3.8) is 0 Å². The zero-order valence-corrected chi connectivity index (χ0v) is 6.81. The van der Waals surface area contributed by atoms with Gasteiger partial charge in [-0.1, -0.05) is 17.7 Å². The maximum absolute atomic E-state index is 5.85. The summed E-state index contributed by atoms with van der Waals surface area (Å²) in [4.78, 5) is 1.97. The zero-order valence-electron chi connectivity index (χ0n) is 6.06. The standard InChI is InChI=1S/C8H9ClN/c1-10(2)8-6-4-3-5-7(8)9/h4-6H,1-2H3. The molecule has 0 saturated heterocycles. The molecule has 2 heteroatoms. The number of halogens is 1. The molecule has 0 aliphatic rings. The van der Waals surface area contributed by atoms with Gasteiger partial charge in [-0.05, 0) is 18.2 Å². The van der Waals surface area contributed by atoms with E-state index in [9.17, 15) is 0 Å². The lowest BCUT2D eigenvalue weighted by atomic mass is 10.3. The van der Waals surface area contributed by atoms with Crippen molar-refractivity contribution in [2.45, 2.75) is 0 Å². The van der Waals surface area contributed by atoms with Crippen LogP contribution in [0.1, 0.15) is 0 Å². The summed E-state index contributed by atoms with van der Waals surface area (Å²) in [6, 6.07) is 8.44. The number of benzene rings is 1. The van der Waals surface area contributed by atoms with Crippen molar-refractivity contribution in [1.82, 2.24) is 0 Å². The van der Waals surface area contributed by atoms with Gasteiger partial charge < -0.3 is 4.90 Å². The Bertz CT molecular complexity index is 220. The van der Waals surface area contributed by atoms with Crippen molar-refractivity contribution >= 4 is 17.3 Å². The molecule has 0 aliphatic heterocycles. The van der Waals surface area contributed by atoms with Crippen LogP contribution in [0.25, 0.3) is 0 Å². The maximum atomic E-state index is 5.85. The molecule has 1 aromatic rings. The average Bonchev–Trinajstić information content (AvgIpc) is 1.88. The van der Waals surface area contributed by atoms with Crippen molar-refractivity contribution in [3.05, 3.63) is 29.3 Å². The van der Waals surface area contributed by atoms with Gasteiger partial charge in [-0.15, -0.1) is 0 Å². The van der Waals surface area contributed by atoms with Crippen LogP contribution in [-0.2, 0) is 0 Å². The molecule has 1 aromatic carbocycles. The van der Waals surface area contributed by atoms with Crippen LogP contribution >= 0.6 is 11.6 Å². The summed E-state index contributed by atoms with van der Waals surface area (Å²) >= 11 is 5.85. The topological polar surface area (TPSA) is 3.24 Å². The van der Waals surface area contributed by atoms with Gasteiger partial charge in [0.25, 0.3) is 0 Å². The van der Waals surface area contributed by atoms with Gasteiger partial charge in [0.2, 0.25) is 0 Å². The lowest BCUT2D eigenvalue weighted by molar-refractivity contribution is 1.13. The summed E-state index contributed by atoms with van der Waals surface area (Å²) in [7, 11) is 3.92. The molecule has 1 radical (unpaired) electrons. The first-order valence-corrected chi connectivity index (χ1v) is 3.42. The van der Waals surface area contributed by atoms with Gasteiger partial charge in [-0.2, -0.15) is 0 Å². The Balaban J connectivity index is 3.03. The summed E-state index contributed by atoms with van der Waals surface area (Å²) < 4.78 is 0. The first kappa shape index (κ1) is 7.42. The van der Waals surface area contributed by atoms with Gasteiger partial charge in [-0.25, -0.2) is 0 Å². The average molecular weight is 155 g/mol. The number of rotatable bonds is 1. The fourth-order valence-electron chi connectivity index (χ4n) is 0.765. The number of nitrogens with zero attached hydrogens (tertiary/aromatic N) is 1. The zero-order chi connectivity index (χ0) is 7.56. The number of hydrogen-bond donors (Lipinski definition) is 0. The Morgan fingerprint density at radius 1 is 1.50 bits per heavy atom. The normalized spacial score (nSPS) is 9.50. The Labute approximate surface area is 66.2 Å². The predicted molar refractivity (Wildman–Crippen MR) is 44.6 cm³/mol. The summed E-state index contributed by atoms with van der Waals surface area (Å²) in [5.41, 5.74) is 1.03. The molecule has 0 bridgehead atoms. The van der Waals surface area contributed by atoms with Gasteiger partial charge in [0, 0.05) is 14.1 Å². The van der Waals surface area contributed by atoms with Crippen LogP contribution in [0.4, 0.5) is 5.69 Å². The molecular formula is C8H9ClN. The molecule has 0 saturated carbocycles. The highest BCUT2D eigenvalue weighted by Crippen LogP contribution is 2.22. The fraction of sp³-hybridized carbons (Fsp3) is 0.250. The van der Waals surface area contributed by atoms with Crippen molar-refractivity contribution in [1.29, 1.82) is 0 Å². The lowest BCUT2D eigenvalue weighted by Crippen LogP contribution is -2.08. The largest absolute Gasteiger partial charge is 0.376 e. The van der Waals surface area contributed by atoms with Crippen molar-refractivity contribution in [2.24, 2.45) is 0 Å². The van der Waals surface area contributed by atoms with Gasteiger partial charge in [0.1, 0.15) is 0 Å². The minimum Gasteiger partial charge on any atom is -0.376 e. The molecule has 0 N–H and O–H groups in total. The third kappa shape index (κ3) is 1.42. The molecule has 0 amide bonds. The molecule has 0 atom stereocenters. The second kappa shape index (κ2) is 2.93. The first-order valence-electron chi connectivity index (χ1n) is 3.05. The van der Waals surface area contributed by atoms with Crippen LogP contribution in [0.15, 0.2) is 18.2 Å². The van der Waals surface area contributed by atoms with Crippen LogP contribution in [0.5, 0.6) is 0 Å². The van der Waals surface area contributed by atoms with Gasteiger partial charge >= 0.3 is 0 Å². The number of anilines is 1. The molecule has 0 spiro atoms. The van der Waals surface area contributed by atoms with Crippen LogP contribution in [0.2, 0.25) is 5.02 Å². The highest BCUT2D eigenvalue weighted by Gasteiger charge is 1.97. The van der Waals surface area contributed by atoms with E-state index < -0.39 is 0 Å². The quantitative estimate of drug-likeness (QED) is 0.600. The van der Waals surface area contributed by atoms with Crippen LogP contribution in [-0.4, -0.2) is 14.1 Å². The van der Waals surface area contributed by atoms with E-state index in [1.807, 2.05) is 31.1 Å². The Kier molecular flexibility index (Phi) is 2.17. The molecule has 0 heterocycles. The fourth-order valence-corrected chi connectivity index (χ4v) is 1.06.